The Morgan fingerprint density at radius 1 is 1.27 bits per heavy atom. The molecule has 0 spiro atoms. The van der Waals surface area contributed by atoms with Crippen molar-refractivity contribution in [2.45, 2.75) is 13.0 Å². The molecule has 4 heteroatoms. The van der Waals surface area contributed by atoms with Crippen LogP contribution in [0.25, 0.3) is 0 Å². The summed E-state index contributed by atoms with van der Waals surface area (Å²) in [6, 6.07) is 9.84. The minimum Gasteiger partial charge on any atom is -0.355 e. The molecule has 0 aromatic heterocycles. The first kappa shape index (κ1) is 10.1. The van der Waals surface area contributed by atoms with Gasteiger partial charge >= 0.3 is 0 Å². The lowest BCUT2D eigenvalue weighted by molar-refractivity contribution is -0.124. The minimum absolute atomic E-state index is 0.0207. The molecule has 0 aliphatic carbocycles. The fourth-order valence-corrected chi connectivity index (χ4v) is 1.94. The molecule has 1 aromatic rings. The Labute approximate surface area is 93.9 Å². The van der Waals surface area contributed by atoms with Crippen LogP contribution in [0.1, 0.15) is 18.5 Å². The molecule has 1 heterocycles. The van der Waals surface area contributed by atoms with Gasteiger partial charge in [0.15, 0.2) is 5.11 Å². The molecule has 1 aliphatic rings. The molecular weight excluding hydrogens is 208 g/mol. The van der Waals surface area contributed by atoms with E-state index < -0.39 is 0 Å². The summed E-state index contributed by atoms with van der Waals surface area (Å²) in [5.74, 6) is -0.133. The third kappa shape index (κ3) is 1.99. The fourth-order valence-electron chi connectivity index (χ4n) is 1.71. The normalized spacial score (nSPS) is 25.7. The van der Waals surface area contributed by atoms with Crippen molar-refractivity contribution in [3.63, 3.8) is 0 Å². The first-order chi connectivity index (χ1) is 7.18. The van der Waals surface area contributed by atoms with Crippen LogP contribution in [-0.2, 0) is 4.79 Å². The van der Waals surface area contributed by atoms with E-state index in [9.17, 15) is 4.79 Å². The lowest BCUT2D eigenvalue weighted by Crippen LogP contribution is -2.52. The van der Waals surface area contributed by atoms with Crippen LogP contribution in [0.5, 0.6) is 0 Å². The molecule has 1 fully saturated rings. The third-order valence-electron chi connectivity index (χ3n) is 2.60. The van der Waals surface area contributed by atoms with Crippen LogP contribution in [0.15, 0.2) is 30.3 Å². The van der Waals surface area contributed by atoms with Crippen LogP contribution in [0, 0.1) is 5.92 Å². The Bertz CT molecular complexity index is 391. The van der Waals surface area contributed by atoms with E-state index in [1.807, 2.05) is 37.3 Å². The number of nitrogens with one attached hydrogen (secondary N) is 2. The molecule has 2 N–H and O–H groups in total. The molecule has 2 rings (SSSR count). The average Bonchev–Trinajstić information content (AvgIpc) is 2.24. The van der Waals surface area contributed by atoms with Crippen molar-refractivity contribution in [3.05, 3.63) is 35.9 Å². The van der Waals surface area contributed by atoms with Gasteiger partial charge in [-0.1, -0.05) is 37.3 Å². The Kier molecular flexibility index (Phi) is 2.68. The highest BCUT2D eigenvalue weighted by Gasteiger charge is 2.30. The summed E-state index contributed by atoms with van der Waals surface area (Å²) in [4.78, 5) is 11.5. The summed E-state index contributed by atoms with van der Waals surface area (Å²) in [7, 11) is 0. The summed E-state index contributed by atoms with van der Waals surface area (Å²) < 4.78 is 0. The van der Waals surface area contributed by atoms with E-state index in [0.29, 0.717) is 5.11 Å². The van der Waals surface area contributed by atoms with Gasteiger partial charge in [0.25, 0.3) is 0 Å². The van der Waals surface area contributed by atoms with Crippen LogP contribution in [0.4, 0.5) is 0 Å². The van der Waals surface area contributed by atoms with E-state index >= 15 is 0 Å². The monoisotopic (exact) mass is 220 g/mol. The van der Waals surface area contributed by atoms with Gasteiger partial charge in [0.2, 0.25) is 5.91 Å². The lowest BCUT2D eigenvalue weighted by Gasteiger charge is -2.31. The maximum atomic E-state index is 11.5. The summed E-state index contributed by atoms with van der Waals surface area (Å²) in [5.41, 5.74) is 1.09. The number of amides is 1. The van der Waals surface area contributed by atoms with Gasteiger partial charge in [-0.25, -0.2) is 0 Å². The van der Waals surface area contributed by atoms with Crippen molar-refractivity contribution < 1.29 is 4.79 Å². The second-order valence-electron chi connectivity index (χ2n) is 3.64. The SMILES string of the molecule is CC1C(=O)NC(=S)NC1c1ccccc1. The summed E-state index contributed by atoms with van der Waals surface area (Å²) in [6.45, 7) is 1.89. The highest BCUT2D eigenvalue weighted by Crippen LogP contribution is 2.23. The zero-order valence-electron chi connectivity index (χ0n) is 8.36. The molecule has 1 aliphatic heterocycles. The second kappa shape index (κ2) is 3.98. The maximum Gasteiger partial charge on any atom is 0.231 e. The molecule has 1 amide bonds. The molecule has 2 unspecified atom stereocenters. The Balaban J connectivity index is 2.28. The number of hydrogen-bond acceptors (Lipinski definition) is 2. The molecule has 0 bridgehead atoms. The van der Waals surface area contributed by atoms with E-state index in [0.717, 1.165) is 5.56 Å². The molecular formula is C11H12N2OS. The van der Waals surface area contributed by atoms with Crippen molar-refractivity contribution in [1.82, 2.24) is 10.6 Å². The molecule has 0 saturated carbocycles. The second-order valence-corrected chi connectivity index (χ2v) is 4.05. The number of hydrogen-bond donors (Lipinski definition) is 2. The summed E-state index contributed by atoms with van der Waals surface area (Å²) in [5, 5.41) is 6.13. The van der Waals surface area contributed by atoms with Gasteiger partial charge in [0.05, 0.1) is 12.0 Å². The lowest BCUT2D eigenvalue weighted by atomic mass is 9.92. The van der Waals surface area contributed by atoms with Crippen LogP contribution in [-0.4, -0.2) is 11.0 Å². The molecule has 78 valence electrons. The largest absolute Gasteiger partial charge is 0.355 e. The molecule has 1 saturated heterocycles. The van der Waals surface area contributed by atoms with Gasteiger partial charge in [-0.3, -0.25) is 4.79 Å². The van der Waals surface area contributed by atoms with E-state index in [-0.39, 0.29) is 17.9 Å². The molecule has 3 nitrogen and oxygen atoms in total. The van der Waals surface area contributed by atoms with Gasteiger partial charge < -0.3 is 10.6 Å². The molecule has 15 heavy (non-hydrogen) atoms. The first-order valence-electron chi connectivity index (χ1n) is 4.85. The van der Waals surface area contributed by atoms with Gasteiger partial charge in [-0.15, -0.1) is 0 Å². The zero-order chi connectivity index (χ0) is 10.8. The topological polar surface area (TPSA) is 41.1 Å². The van der Waals surface area contributed by atoms with Crippen LogP contribution in [0.3, 0.4) is 0 Å². The zero-order valence-corrected chi connectivity index (χ0v) is 9.17. The molecule has 0 radical (unpaired) electrons. The first-order valence-corrected chi connectivity index (χ1v) is 5.25. The Morgan fingerprint density at radius 3 is 2.60 bits per heavy atom. The van der Waals surface area contributed by atoms with E-state index in [4.69, 9.17) is 12.2 Å². The van der Waals surface area contributed by atoms with Gasteiger partial charge in [0.1, 0.15) is 0 Å². The average molecular weight is 220 g/mol. The van der Waals surface area contributed by atoms with Crippen molar-refractivity contribution in [2.75, 3.05) is 0 Å². The highest BCUT2D eigenvalue weighted by molar-refractivity contribution is 7.80. The van der Waals surface area contributed by atoms with Crippen molar-refractivity contribution in [2.24, 2.45) is 5.92 Å². The van der Waals surface area contributed by atoms with Gasteiger partial charge in [-0.05, 0) is 17.8 Å². The minimum atomic E-state index is -0.112. The Morgan fingerprint density at radius 2 is 1.93 bits per heavy atom. The van der Waals surface area contributed by atoms with Crippen LogP contribution < -0.4 is 10.6 Å². The van der Waals surface area contributed by atoms with E-state index in [1.54, 1.807) is 0 Å². The summed E-state index contributed by atoms with van der Waals surface area (Å²) in [6.07, 6.45) is 0. The smallest absolute Gasteiger partial charge is 0.231 e. The Hall–Kier alpha value is -1.42. The quantitative estimate of drug-likeness (QED) is 0.702. The fraction of sp³-hybridized carbons (Fsp3) is 0.273. The van der Waals surface area contributed by atoms with Gasteiger partial charge in [-0.2, -0.15) is 0 Å². The van der Waals surface area contributed by atoms with Crippen molar-refractivity contribution in [1.29, 1.82) is 0 Å². The predicted octanol–water partition coefficient (Wildman–Crippen LogP) is 1.37. The summed E-state index contributed by atoms with van der Waals surface area (Å²) >= 11 is 4.97. The van der Waals surface area contributed by atoms with Crippen LogP contribution in [0.2, 0.25) is 0 Å². The van der Waals surface area contributed by atoms with Crippen molar-refractivity contribution in [3.8, 4) is 0 Å². The molecule has 2 atom stereocenters. The predicted molar refractivity (Wildman–Crippen MR) is 62.2 cm³/mol. The van der Waals surface area contributed by atoms with Crippen molar-refractivity contribution >= 4 is 23.2 Å². The number of thiocarbonyl (C=S) groups is 1. The van der Waals surface area contributed by atoms with Crippen LogP contribution >= 0.6 is 12.2 Å². The molecule has 1 aromatic carbocycles. The number of benzene rings is 1. The highest BCUT2D eigenvalue weighted by atomic mass is 32.1. The number of carbonyl (C=O) groups is 1. The van der Waals surface area contributed by atoms with E-state index in [2.05, 4.69) is 10.6 Å². The third-order valence-corrected chi connectivity index (χ3v) is 2.82. The standard InChI is InChI=1S/C11H12N2OS/c1-7-9(8-5-3-2-4-6-8)12-11(15)13-10(7)14/h2-7,9H,1H3,(H2,12,13,14,15). The van der Waals surface area contributed by atoms with Gasteiger partial charge in [0, 0.05) is 0 Å². The maximum absolute atomic E-state index is 11.5. The number of rotatable bonds is 1. The number of carbonyl (C=O) groups excluding carboxylic acids is 1. The van der Waals surface area contributed by atoms with E-state index in [1.165, 1.54) is 0 Å².